The summed E-state index contributed by atoms with van der Waals surface area (Å²) in [4.78, 5) is 0. The van der Waals surface area contributed by atoms with Crippen LogP contribution in [0.2, 0.25) is 0 Å². The third-order valence-electron chi connectivity index (χ3n) is 4.79. The highest BCUT2D eigenvalue weighted by molar-refractivity contribution is 5.23. The Morgan fingerprint density at radius 2 is 2.06 bits per heavy atom. The Hall–Kier alpha value is -0.760. The fraction of sp³-hybridized carbons (Fsp3) is 0.733. The van der Waals surface area contributed by atoms with Gasteiger partial charge in [-0.25, -0.2) is 0 Å². The van der Waals surface area contributed by atoms with Gasteiger partial charge in [-0.3, -0.25) is 0 Å². The van der Waals surface area contributed by atoms with E-state index in [-0.39, 0.29) is 0 Å². The third kappa shape index (κ3) is 1.83. The van der Waals surface area contributed by atoms with Crippen LogP contribution in [0.25, 0.3) is 0 Å². The minimum absolute atomic E-state index is 0.575. The summed E-state index contributed by atoms with van der Waals surface area (Å²) in [6.45, 7) is 5.73. The van der Waals surface area contributed by atoms with Gasteiger partial charge in [-0.1, -0.05) is 19.3 Å². The Morgan fingerprint density at radius 1 is 1.29 bits per heavy atom. The van der Waals surface area contributed by atoms with Gasteiger partial charge in [-0.15, -0.1) is 0 Å². The van der Waals surface area contributed by atoms with E-state index >= 15 is 0 Å². The topological polar surface area (TPSA) is 17.0 Å². The lowest BCUT2D eigenvalue weighted by molar-refractivity contribution is 0.0360. The van der Waals surface area contributed by atoms with Crippen LogP contribution in [0.1, 0.15) is 63.6 Å². The largest absolute Gasteiger partial charge is 0.351 e. The van der Waals surface area contributed by atoms with Crippen molar-refractivity contribution in [1.82, 2.24) is 9.88 Å². The maximum Gasteiger partial charge on any atom is 0.0404 e. The fourth-order valence-electron chi connectivity index (χ4n) is 3.61. The van der Waals surface area contributed by atoms with Gasteiger partial charge in [-0.2, -0.15) is 0 Å². The second-order valence-corrected chi connectivity index (χ2v) is 6.22. The van der Waals surface area contributed by atoms with Crippen LogP contribution in [0, 0.1) is 5.41 Å². The fourth-order valence-corrected chi connectivity index (χ4v) is 3.61. The first kappa shape index (κ1) is 11.3. The highest BCUT2D eigenvalue weighted by Gasteiger charge is 2.47. The molecule has 0 amide bonds. The summed E-state index contributed by atoms with van der Waals surface area (Å²) in [5.41, 5.74) is 2.10. The van der Waals surface area contributed by atoms with E-state index < -0.39 is 0 Å². The Balaban J connectivity index is 1.79. The molecule has 1 N–H and O–H groups in total. The van der Waals surface area contributed by atoms with Crippen LogP contribution >= 0.6 is 0 Å². The van der Waals surface area contributed by atoms with Crippen molar-refractivity contribution in [2.75, 3.05) is 6.54 Å². The van der Waals surface area contributed by atoms with Crippen LogP contribution in [0.5, 0.6) is 0 Å². The normalized spacial score (nSPS) is 27.4. The number of rotatable bonds is 2. The summed E-state index contributed by atoms with van der Waals surface area (Å²) in [6, 6.07) is 3.52. The Bertz CT molecular complexity index is 385. The zero-order valence-corrected chi connectivity index (χ0v) is 11.1. The van der Waals surface area contributed by atoms with Crippen LogP contribution in [-0.4, -0.2) is 11.1 Å². The molecule has 3 rings (SSSR count). The van der Waals surface area contributed by atoms with Crippen molar-refractivity contribution >= 4 is 0 Å². The molecule has 1 aromatic rings. The molecule has 0 aromatic carbocycles. The lowest BCUT2D eigenvalue weighted by Gasteiger charge is -2.53. The molecule has 1 saturated carbocycles. The van der Waals surface area contributed by atoms with Crippen molar-refractivity contribution in [1.29, 1.82) is 0 Å². The van der Waals surface area contributed by atoms with E-state index in [0.29, 0.717) is 17.5 Å². The number of hydrogen-bond acceptors (Lipinski definition) is 1. The molecule has 1 atom stereocenters. The molecule has 0 radical (unpaired) electrons. The molecule has 2 fully saturated rings. The molecule has 2 aliphatic rings. The minimum atomic E-state index is 0.575. The molecule has 2 nitrogen and oxygen atoms in total. The average molecular weight is 232 g/mol. The first-order valence-electron chi connectivity index (χ1n) is 7.12. The smallest absolute Gasteiger partial charge is 0.0404 e. The molecule has 0 bridgehead atoms. The second-order valence-electron chi connectivity index (χ2n) is 6.22. The standard InChI is InChI=1S/C15H24N2/c1-12(2)17-9-6-13(10-17)14-15(11-16-14)7-4-3-5-8-15/h6,9-10,12,14,16H,3-5,7-8,11H2,1-2H3/t14-/m1/s1. The molecule has 1 spiro atoms. The Kier molecular flexibility index (Phi) is 2.78. The van der Waals surface area contributed by atoms with Crippen molar-refractivity contribution in [3.8, 4) is 0 Å². The molecule has 0 unspecified atom stereocenters. The maximum absolute atomic E-state index is 3.66. The van der Waals surface area contributed by atoms with E-state index in [1.54, 1.807) is 0 Å². The summed E-state index contributed by atoms with van der Waals surface area (Å²) in [6.07, 6.45) is 11.7. The second kappa shape index (κ2) is 4.16. The molecule has 1 aromatic heterocycles. The van der Waals surface area contributed by atoms with Gasteiger partial charge in [0.25, 0.3) is 0 Å². The summed E-state index contributed by atoms with van der Waals surface area (Å²) >= 11 is 0. The third-order valence-corrected chi connectivity index (χ3v) is 4.79. The monoisotopic (exact) mass is 232 g/mol. The van der Waals surface area contributed by atoms with Gasteiger partial charge in [0, 0.05) is 36.4 Å². The molecule has 1 aliphatic carbocycles. The Labute approximate surface area is 104 Å². The highest BCUT2D eigenvalue weighted by atomic mass is 15.1. The van der Waals surface area contributed by atoms with Crippen molar-refractivity contribution in [3.63, 3.8) is 0 Å². The van der Waals surface area contributed by atoms with E-state index in [4.69, 9.17) is 0 Å². The van der Waals surface area contributed by atoms with Gasteiger partial charge in [0.15, 0.2) is 0 Å². The predicted octanol–water partition coefficient (Wildman–Crippen LogP) is 3.66. The van der Waals surface area contributed by atoms with Crippen LogP contribution < -0.4 is 5.32 Å². The minimum Gasteiger partial charge on any atom is -0.351 e. The number of nitrogens with zero attached hydrogens (tertiary/aromatic N) is 1. The highest BCUT2D eigenvalue weighted by Crippen LogP contribution is 2.51. The van der Waals surface area contributed by atoms with Crippen LogP contribution in [-0.2, 0) is 0 Å². The predicted molar refractivity (Wildman–Crippen MR) is 71.1 cm³/mol. The first-order valence-corrected chi connectivity index (χ1v) is 7.12. The molecule has 1 aliphatic heterocycles. The molecule has 17 heavy (non-hydrogen) atoms. The van der Waals surface area contributed by atoms with E-state index in [2.05, 4.69) is 42.2 Å². The van der Waals surface area contributed by atoms with Gasteiger partial charge < -0.3 is 9.88 Å². The first-order chi connectivity index (χ1) is 8.21. The van der Waals surface area contributed by atoms with E-state index in [1.807, 2.05) is 0 Å². The van der Waals surface area contributed by atoms with Crippen LogP contribution in [0.3, 0.4) is 0 Å². The van der Waals surface area contributed by atoms with E-state index in [0.717, 1.165) is 0 Å². The van der Waals surface area contributed by atoms with Crippen molar-refractivity contribution in [3.05, 3.63) is 24.0 Å². The van der Waals surface area contributed by atoms with Crippen molar-refractivity contribution in [2.24, 2.45) is 5.41 Å². The number of nitrogens with one attached hydrogen (secondary N) is 1. The zero-order valence-electron chi connectivity index (χ0n) is 11.1. The molecular weight excluding hydrogens is 208 g/mol. The molecular formula is C15H24N2. The summed E-state index contributed by atoms with van der Waals surface area (Å²) in [5, 5.41) is 3.66. The molecule has 94 valence electrons. The summed E-state index contributed by atoms with van der Waals surface area (Å²) < 4.78 is 2.33. The summed E-state index contributed by atoms with van der Waals surface area (Å²) in [7, 11) is 0. The number of hydrogen-bond donors (Lipinski definition) is 1. The van der Waals surface area contributed by atoms with Gasteiger partial charge >= 0.3 is 0 Å². The van der Waals surface area contributed by atoms with Gasteiger partial charge in [0.1, 0.15) is 0 Å². The molecule has 2 heteroatoms. The van der Waals surface area contributed by atoms with Crippen LogP contribution in [0.4, 0.5) is 0 Å². The zero-order chi connectivity index (χ0) is 11.9. The Morgan fingerprint density at radius 3 is 2.59 bits per heavy atom. The van der Waals surface area contributed by atoms with Crippen molar-refractivity contribution < 1.29 is 0 Å². The quantitative estimate of drug-likeness (QED) is 0.823. The lowest BCUT2D eigenvalue weighted by Crippen LogP contribution is -2.56. The molecule has 2 heterocycles. The van der Waals surface area contributed by atoms with E-state index in [9.17, 15) is 0 Å². The maximum atomic E-state index is 3.66. The van der Waals surface area contributed by atoms with Crippen LogP contribution in [0.15, 0.2) is 18.5 Å². The average Bonchev–Trinajstić information content (AvgIpc) is 2.78. The summed E-state index contributed by atoms with van der Waals surface area (Å²) in [5.74, 6) is 0. The van der Waals surface area contributed by atoms with Crippen molar-refractivity contribution in [2.45, 2.75) is 58.0 Å². The number of aromatic nitrogens is 1. The SMILES string of the molecule is CC(C)n1ccc([C@H]2NCC23CCCCC3)c1. The van der Waals surface area contributed by atoms with Gasteiger partial charge in [0.05, 0.1) is 0 Å². The molecule has 1 saturated heterocycles. The van der Waals surface area contributed by atoms with Gasteiger partial charge in [0.2, 0.25) is 0 Å². The lowest BCUT2D eigenvalue weighted by atomic mass is 9.63. The van der Waals surface area contributed by atoms with Gasteiger partial charge in [-0.05, 0) is 38.3 Å². The van der Waals surface area contributed by atoms with E-state index in [1.165, 1.54) is 44.2 Å².